The van der Waals surface area contributed by atoms with Crippen LogP contribution >= 0.6 is 12.2 Å². The topological polar surface area (TPSA) is 21.3 Å². The van der Waals surface area contributed by atoms with Gasteiger partial charge in [-0.05, 0) is 25.1 Å². The van der Waals surface area contributed by atoms with E-state index in [1.54, 1.807) is 0 Å². The molecule has 1 heterocycles. The summed E-state index contributed by atoms with van der Waals surface area (Å²) >= 11 is 4.92. The molecule has 1 saturated heterocycles. The zero-order chi connectivity index (χ0) is 11.6. The minimum Gasteiger partial charge on any atom is -0.466 e. The molecule has 0 aromatic heterocycles. The van der Waals surface area contributed by atoms with Crippen molar-refractivity contribution in [3.8, 4) is 0 Å². The first-order valence-corrected chi connectivity index (χ1v) is 7.18. The molecule has 0 aromatic carbocycles. The fourth-order valence-electron chi connectivity index (χ4n) is 2.10. The van der Waals surface area contributed by atoms with Crippen LogP contribution in [0.25, 0.3) is 0 Å². The van der Waals surface area contributed by atoms with E-state index >= 15 is 0 Å². The summed E-state index contributed by atoms with van der Waals surface area (Å²) in [6.45, 7) is 3.18. The van der Waals surface area contributed by atoms with Gasteiger partial charge in [-0.25, -0.2) is 0 Å². The Morgan fingerprint density at radius 2 is 1.75 bits per heavy atom. The number of thiocarbonyl (C=S) groups is 1. The molecule has 0 aromatic rings. The predicted molar refractivity (Wildman–Crippen MR) is 72.7 cm³/mol. The Morgan fingerprint density at radius 3 is 2.31 bits per heavy atom. The number of hydrogen-bond donors (Lipinski definition) is 1. The van der Waals surface area contributed by atoms with Crippen LogP contribution in [0.1, 0.15) is 64.7 Å². The van der Waals surface area contributed by atoms with Crippen molar-refractivity contribution in [2.24, 2.45) is 0 Å². The number of nitrogens with one attached hydrogen (secondary N) is 1. The van der Waals surface area contributed by atoms with Crippen molar-refractivity contribution >= 4 is 17.4 Å². The van der Waals surface area contributed by atoms with Crippen molar-refractivity contribution in [3.63, 3.8) is 0 Å². The fourth-order valence-corrected chi connectivity index (χ4v) is 2.32. The number of hydrogen-bond acceptors (Lipinski definition) is 2. The van der Waals surface area contributed by atoms with Gasteiger partial charge < -0.3 is 10.1 Å². The van der Waals surface area contributed by atoms with Gasteiger partial charge in [-0.1, -0.05) is 51.9 Å². The normalized spacial score (nSPS) is 19.6. The highest BCUT2D eigenvalue weighted by atomic mass is 32.1. The summed E-state index contributed by atoms with van der Waals surface area (Å²) in [5.74, 6) is 0. The van der Waals surface area contributed by atoms with Gasteiger partial charge in [0.15, 0.2) is 0 Å². The van der Waals surface area contributed by atoms with E-state index in [0.29, 0.717) is 11.3 Å². The first-order chi connectivity index (χ1) is 7.83. The minimum absolute atomic E-state index is 0.340. The van der Waals surface area contributed by atoms with Gasteiger partial charge in [0.25, 0.3) is 5.17 Å². The third kappa shape index (κ3) is 6.31. The quantitative estimate of drug-likeness (QED) is 0.492. The molecule has 2 nitrogen and oxygen atoms in total. The van der Waals surface area contributed by atoms with Gasteiger partial charge in [-0.15, -0.1) is 0 Å². The Hall–Kier alpha value is -0.310. The average Bonchev–Trinajstić information content (AvgIpc) is 2.68. The van der Waals surface area contributed by atoms with Gasteiger partial charge >= 0.3 is 0 Å². The van der Waals surface area contributed by atoms with E-state index in [0.717, 1.165) is 13.0 Å². The van der Waals surface area contributed by atoms with Crippen LogP contribution in [0, 0.1) is 0 Å². The second kappa shape index (κ2) is 8.80. The van der Waals surface area contributed by atoms with Crippen LogP contribution < -0.4 is 5.32 Å². The summed E-state index contributed by atoms with van der Waals surface area (Å²) in [6.07, 6.45) is 12.5. The molecule has 1 aliphatic rings. The fraction of sp³-hybridized carbons (Fsp3) is 0.923. The molecule has 0 spiro atoms. The predicted octanol–water partition coefficient (Wildman–Crippen LogP) is 3.79. The lowest BCUT2D eigenvalue weighted by atomic mass is 10.1. The van der Waals surface area contributed by atoms with Crippen LogP contribution in [0.4, 0.5) is 0 Å². The second-order valence-corrected chi connectivity index (χ2v) is 5.04. The van der Waals surface area contributed by atoms with Crippen molar-refractivity contribution in [2.45, 2.75) is 70.8 Å². The third-order valence-corrected chi connectivity index (χ3v) is 3.37. The van der Waals surface area contributed by atoms with E-state index < -0.39 is 0 Å². The van der Waals surface area contributed by atoms with Crippen LogP contribution in [0.3, 0.4) is 0 Å². The molecule has 0 amide bonds. The molecule has 94 valence electrons. The molecule has 0 unspecified atom stereocenters. The molecule has 0 bridgehead atoms. The molecular weight excluding hydrogens is 218 g/mol. The summed E-state index contributed by atoms with van der Waals surface area (Å²) < 4.78 is 5.44. The Kier molecular flexibility index (Phi) is 7.56. The number of ether oxygens (including phenoxy) is 1. The Balaban J connectivity index is 1.79. The highest BCUT2D eigenvalue weighted by Crippen LogP contribution is 2.13. The lowest BCUT2D eigenvalue weighted by molar-refractivity contribution is 0.218. The maximum atomic E-state index is 5.44. The molecule has 0 radical (unpaired) electrons. The Bertz CT molecular complexity index is 196. The molecule has 1 aliphatic heterocycles. The van der Waals surface area contributed by atoms with E-state index in [1.165, 1.54) is 51.4 Å². The molecule has 1 fully saturated rings. The molecule has 3 heteroatoms. The zero-order valence-corrected chi connectivity index (χ0v) is 11.3. The maximum Gasteiger partial charge on any atom is 0.257 e. The summed E-state index contributed by atoms with van der Waals surface area (Å²) in [4.78, 5) is 0. The highest BCUT2D eigenvalue weighted by Gasteiger charge is 2.18. The van der Waals surface area contributed by atoms with Gasteiger partial charge in [-0.3, -0.25) is 0 Å². The minimum atomic E-state index is 0.340. The summed E-state index contributed by atoms with van der Waals surface area (Å²) in [5, 5.41) is 3.64. The van der Waals surface area contributed by atoms with E-state index in [-0.39, 0.29) is 0 Å². The lowest BCUT2D eigenvalue weighted by Gasteiger charge is -2.07. The van der Waals surface area contributed by atoms with E-state index in [2.05, 4.69) is 12.2 Å². The van der Waals surface area contributed by atoms with Crippen LogP contribution in [-0.2, 0) is 4.74 Å². The Morgan fingerprint density at radius 1 is 1.12 bits per heavy atom. The zero-order valence-electron chi connectivity index (χ0n) is 10.5. The summed E-state index contributed by atoms with van der Waals surface area (Å²) in [6, 6.07) is 0. The molecule has 1 rings (SSSR count). The van der Waals surface area contributed by atoms with Crippen molar-refractivity contribution in [1.29, 1.82) is 0 Å². The van der Waals surface area contributed by atoms with Crippen LogP contribution in [0.5, 0.6) is 0 Å². The van der Waals surface area contributed by atoms with E-state index in [9.17, 15) is 0 Å². The number of unbranched alkanes of at least 4 members (excludes halogenated alkanes) is 7. The van der Waals surface area contributed by atoms with E-state index in [4.69, 9.17) is 17.0 Å². The van der Waals surface area contributed by atoms with Crippen LogP contribution in [-0.4, -0.2) is 17.8 Å². The van der Waals surface area contributed by atoms with Gasteiger partial charge in [0.2, 0.25) is 0 Å². The van der Waals surface area contributed by atoms with Crippen molar-refractivity contribution in [1.82, 2.24) is 5.32 Å². The van der Waals surface area contributed by atoms with Crippen LogP contribution in [0.2, 0.25) is 0 Å². The van der Waals surface area contributed by atoms with Gasteiger partial charge in [0, 0.05) is 0 Å². The molecule has 1 N–H and O–H groups in total. The molecule has 16 heavy (non-hydrogen) atoms. The van der Waals surface area contributed by atoms with Gasteiger partial charge in [-0.2, -0.15) is 0 Å². The first-order valence-electron chi connectivity index (χ1n) is 6.77. The largest absolute Gasteiger partial charge is 0.466 e. The van der Waals surface area contributed by atoms with Crippen molar-refractivity contribution in [2.75, 3.05) is 6.54 Å². The maximum absolute atomic E-state index is 5.44. The molecular formula is C13H25NOS. The lowest BCUT2D eigenvalue weighted by Crippen LogP contribution is -2.14. The standard InChI is InChI=1S/C13H25NOS/c1-2-3-4-5-6-7-8-9-10-12-11-14-13(16)15-12/h12H,2-11H2,1H3,(H,14,16)/t12-/m0/s1. The second-order valence-electron chi connectivity index (χ2n) is 4.67. The summed E-state index contributed by atoms with van der Waals surface area (Å²) in [7, 11) is 0. The molecule has 1 atom stereocenters. The van der Waals surface area contributed by atoms with Gasteiger partial charge in [0.1, 0.15) is 6.10 Å². The first kappa shape index (κ1) is 13.8. The average molecular weight is 243 g/mol. The smallest absolute Gasteiger partial charge is 0.257 e. The SMILES string of the molecule is CCCCCCCCCC[C@H]1CNC(=S)O1. The van der Waals surface area contributed by atoms with Crippen LogP contribution in [0.15, 0.2) is 0 Å². The van der Waals surface area contributed by atoms with E-state index in [1.807, 2.05) is 0 Å². The Labute approximate surface area is 105 Å². The highest BCUT2D eigenvalue weighted by molar-refractivity contribution is 7.80. The van der Waals surface area contributed by atoms with Crippen molar-refractivity contribution in [3.05, 3.63) is 0 Å². The summed E-state index contributed by atoms with van der Waals surface area (Å²) in [5.41, 5.74) is 0. The van der Waals surface area contributed by atoms with Crippen molar-refractivity contribution < 1.29 is 4.74 Å². The molecule has 0 saturated carbocycles. The van der Waals surface area contributed by atoms with Gasteiger partial charge in [0.05, 0.1) is 6.54 Å². The molecule has 0 aliphatic carbocycles. The third-order valence-electron chi connectivity index (χ3n) is 3.13. The number of rotatable bonds is 9. The monoisotopic (exact) mass is 243 g/mol.